The lowest BCUT2D eigenvalue weighted by molar-refractivity contribution is 0.310. The van der Waals surface area contributed by atoms with Gasteiger partial charge in [-0.05, 0) is 43.8 Å². The van der Waals surface area contributed by atoms with Gasteiger partial charge in [-0.3, -0.25) is 4.90 Å². The fraction of sp³-hybridized carbons (Fsp3) is 0.286. The number of benzene rings is 2. The van der Waals surface area contributed by atoms with E-state index in [4.69, 9.17) is 15.2 Å². The van der Waals surface area contributed by atoms with E-state index in [-0.39, 0.29) is 5.95 Å². The van der Waals surface area contributed by atoms with Gasteiger partial charge in [-0.25, -0.2) is 0 Å². The number of nitrogens with zero attached hydrogens (tertiary/aromatic N) is 4. The molecular weight excluding hydrogens is 368 g/mol. The second-order valence-electron chi connectivity index (χ2n) is 6.51. The summed E-state index contributed by atoms with van der Waals surface area (Å²) in [5, 5.41) is 3.15. The number of methoxy groups -OCH3 is 1. The normalized spacial score (nSPS) is 10.8. The molecular formula is C21H26N6O2. The van der Waals surface area contributed by atoms with Gasteiger partial charge in [-0.2, -0.15) is 15.0 Å². The van der Waals surface area contributed by atoms with E-state index in [1.54, 1.807) is 7.11 Å². The number of hydrogen-bond acceptors (Lipinski definition) is 8. The first-order valence-corrected chi connectivity index (χ1v) is 9.38. The average molecular weight is 394 g/mol. The summed E-state index contributed by atoms with van der Waals surface area (Å²) >= 11 is 0. The van der Waals surface area contributed by atoms with Crippen molar-refractivity contribution in [3.05, 3.63) is 59.9 Å². The molecule has 0 fully saturated rings. The van der Waals surface area contributed by atoms with Crippen LogP contribution < -0.4 is 20.5 Å². The number of nitrogen functional groups attached to an aromatic ring is 1. The van der Waals surface area contributed by atoms with Crippen LogP contribution in [-0.2, 0) is 13.1 Å². The van der Waals surface area contributed by atoms with E-state index in [1.807, 2.05) is 50.4 Å². The van der Waals surface area contributed by atoms with Crippen LogP contribution in [0.1, 0.15) is 18.3 Å². The maximum absolute atomic E-state index is 5.89. The predicted molar refractivity (Wildman–Crippen MR) is 113 cm³/mol. The predicted octanol–water partition coefficient (Wildman–Crippen LogP) is 3.24. The van der Waals surface area contributed by atoms with Gasteiger partial charge in [0.2, 0.25) is 11.9 Å². The van der Waals surface area contributed by atoms with Crippen LogP contribution in [0.4, 0.5) is 17.6 Å². The average Bonchev–Trinajstić information content (AvgIpc) is 2.69. The van der Waals surface area contributed by atoms with Crippen molar-refractivity contribution in [2.24, 2.45) is 0 Å². The third-order valence-electron chi connectivity index (χ3n) is 4.15. The Balaban J connectivity index is 1.67. The molecule has 0 saturated heterocycles. The zero-order chi connectivity index (χ0) is 20.6. The highest BCUT2D eigenvalue weighted by Gasteiger charge is 2.10. The molecule has 0 radical (unpaired) electrons. The molecule has 29 heavy (non-hydrogen) atoms. The van der Waals surface area contributed by atoms with Gasteiger partial charge in [0.25, 0.3) is 0 Å². The molecule has 0 aliphatic carbocycles. The fourth-order valence-electron chi connectivity index (χ4n) is 2.90. The zero-order valence-electron chi connectivity index (χ0n) is 16.9. The van der Waals surface area contributed by atoms with Crippen LogP contribution in [0, 0.1) is 0 Å². The quantitative estimate of drug-likeness (QED) is 0.571. The number of rotatable bonds is 9. The lowest BCUT2D eigenvalue weighted by Crippen LogP contribution is -2.20. The summed E-state index contributed by atoms with van der Waals surface area (Å²) in [6, 6.07) is 15.6. The Morgan fingerprint density at radius 2 is 1.76 bits per heavy atom. The number of aromatic nitrogens is 3. The SMILES string of the molecule is CCOc1ccc(CN(C)Cc2nc(N)nc(Nc3ccccc3OC)n2)cc1. The van der Waals surface area contributed by atoms with Crippen molar-refractivity contribution in [3.8, 4) is 11.5 Å². The second-order valence-corrected chi connectivity index (χ2v) is 6.51. The number of ether oxygens (including phenoxy) is 2. The van der Waals surface area contributed by atoms with Crippen molar-refractivity contribution in [3.63, 3.8) is 0 Å². The Labute approximate surface area is 170 Å². The van der Waals surface area contributed by atoms with Gasteiger partial charge in [0.05, 0.1) is 25.9 Å². The number of para-hydroxylation sites is 2. The minimum atomic E-state index is 0.168. The standard InChI is InChI=1S/C21H26N6O2/c1-4-29-16-11-9-15(10-12-16)13-27(2)14-19-24-20(22)26-21(25-19)23-17-7-5-6-8-18(17)28-3/h5-12H,4,13-14H2,1-3H3,(H3,22,23,24,25,26). The second kappa shape index (κ2) is 9.70. The molecule has 0 saturated carbocycles. The molecule has 1 aromatic heterocycles. The number of anilines is 3. The third kappa shape index (κ3) is 5.79. The zero-order valence-corrected chi connectivity index (χ0v) is 16.9. The first kappa shape index (κ1) is 20.3. The van der Waals surface area contributed by atoms with Gasteiger partial charge in [-0.15, -0.1) is 0 Å². The molecule has 2 aromatic carbocycles. The van der Waals surface area contributed by atoms with E-state index >= 15 is 0 Å². The lowest BCUT2D eigenvalue weighted by Gasteiger charge is -2.17. The molecule has 0 atom stereocenters. The van der Waals surface area contributed by atoms with Gasteiger partial charge in [-0.1, -0.05) is 24.3 Å². The molecule has 0 aliphatic rings. The Hall–Kier alpha value is -3.39. The van der Waals surface area contributed by atoms with E-state index in [2.05, 4.69) is 37.3 Å². The van der Waals surface area contributed by atoms with Gasteiger partial charge < -0.3 is 20.5 Å². The van der Waals surface area contributed by atoms with Crippen LogP contribution in [-0.4, -0.2) is 40.6 Å². The van der Waals surface area contributed by atoms with Crippen molar-refractivity contribution in [1.82, 2.24) is 19.9 Å². The van der Waals surface area contributed by atoms with Crippen molar-refractivity contribution in [1.29, 1.82) is 0 Å². The number of nitrogens with two attached hydrogens (primary N) is 1. The van der Waals surface area contributed by atoms with E-state index in [0.29, 0.717) is 30.7 Å². The van der Waals surface area contributed by atoms with Gasteiger partial charge in [0.15, 0.2) is 0 Å². The molecule has 0 aliphatic heterocycles. The summed E-state index contributed by atoms with van der Waals surface area (Å²) in [6.07, 6.45) is 0. The Kier molecular flexibility index (Phi) is 6.80. The summed E-state index contributed by atoms with van der Waals surface area (Å²) < 4.78 is 10.8. The summed E-state index contributed by atoms with van der Waals surface area (Å²) in [4.78, 5) is 15.0. The maximum atomic E-state index is 5.89. The number of hydrogen-bond donors (Lipinski definition) is 2. The lowest BCUT2D eigenvalue weighted by atomic mass is 10.2. The van der Waals surface area contributed by atoms with E-state index in [0.717, 1.165) is 18.0 Å². The minimum Gasteiger partial charge on any atom is -0.495 e. The highest BCUT2D eigenvalue weighted by atomic mass is 16.5. The van der Waals surface area contributed by atoms with Crippen LogP contribution >= 0.6 is 0 Å². The van der Waals surface area contributed by atoms with Crippen LogP contribution in [0.5, 0.6) is 11.5 Å². The first-order chi connectivity index (χ1) is 14.1. The fourth-order valence-corrected chi connectivity index (χ4v) is 2.90. The Morgan fingerprint density at radius 1 is 1.00 bits per heavy atom. The van der Waals surface area contributed by atoms with Crippen molar-refractivity contribution < 1.29 is 9.47 Å². The molecule has 3 N–H and O–H groups in total. The molecule has 0 unspecified atom stereocenters. The number of nitrogens with one attached hydrogen (secondary N) is 1. The van der Waals surface area contributed by atoms with Crippen molar-refractivity contribution in [2.75, 3.05) is 31.8 Å². The Morgan fingerprint density at radius 3 is 2.48 bits per heavy atom. The molecule has 3 aromatic rings. The largest absolute Gasteiger partial charge is 0.495 e. The molecule has 8 heteroatoms. The van der Waals surface area contributed by atoms with E-state index in [1.165, 1.54) is 5.56 Å². The first-order valence-electron chi connectivity index (χ1n) is 9.38. The molecule has 8 nitrogen and oxygen atoms in total. The van der Waals surface area contributed by atoms with E-state index in [9.17, 15) is 0 Å². The van der Waals surface area contributed by atoms with Gasteiger partial charge >= 0.3 is 0 Å². The summed E-state index contributed by atoms with van der Waals surface area (Å²) in [5.41, 5.74) is 7.82. The van der Waals surface area contributed by atoms with Crippen molar-refractivity contribution >= 4 is 17.6 Å². The highest BCUT2D eigenvalue weighted by molar-refractivity contribution is 5.62. The molecule has 152 valence electrons. The van der Waals surface area contributed by atoms with Crippen LogP contribution in [0.2, 0.25) is 0 Å². The smallest absolute Gasteiger partial charge is 0.232 e. The molecule has 1 heterocycles. The van der Waals surface area contributed by atoms with Crippen molar-refractivity contribution in [2.45, 2.75) is 20.0 Å². The monoisotopic (exact) mass is 394 g/mol. The topological polar surface area (TPSA) is 98.4 Å². The Bertz CT molecular complexity index is 933. The molecule has 3 rings (SSSR count). The third-order valence-corrected chi connectivity index (χ3v) is 4.15. The van der Waals surface area contributed by atoms with Gasteiger partial charge in [0.1, 0.15) is 17.3 Å². The van der Waals surface area contributed by atoms with Gasteiger partial charge in [0, 0.05) is 6.54 Å². The summed E-state index contributed by atoms with van der Waals surface area (Å²) in [7, 11) is 3.62. The molecule has 0 amide bonds. The maximum Gasteiger partial charge on any atom is 0.232 e. The highest BCUT2D eigenvalue weighted by Crippen LogP contribution is 2.25. The van der Waals surface area contributed by atoms with Crippen LogP contribution in [0.25, 0.3) is 0 Å². The summed E-state index contributed by atoms with van der Waals surface area (Å²) in [5.74, 6) is 2.70. The molecule has 0 bridgehead atoms. The minimum absolute atomic E-state index is 0.168. The van der Waals surface area contributed by atoms with E-state index < -0.39 is 0 Å². The molecule has 0 spiro atoms. The van der Waals surface area contributed by atoms with Crippen LogP contribution in [0.3, 0.4) is 0 Å². The summed E-state index contributed by atoms with van der Waals surface area (Å²) in [6.45, 7) is 3.90. The van der Waals surface area contributed by atoms with Crippen LogP contribution in [0.15, 0.2) is 48.5 Å².